The molecule has 4 heteroatoms. The van der Waals surface area contributed by atoms with Gasteiger partial charge in [0, 0.05) is 12.0 Å². The molecule has 0 fully saturated rings. The largest absolute Gasteiger partial charge is 0.494 e. The summed E-state index contributed by atoms with van der Waals surface area (Å²) in [6, 6.07) is 19.9. The van der Waals surface area contributed by atoms with E-state index in [4.69, 9.17) is 9.47 Å². The SMILES string of the molecule is C=C(C)C(=C)Oc1ccc(-c2ccc(-c3ccc(OCCCC(=O)C(=C)C)cc3)cc2F)cc1. The van der Waals surface area contributed by atoms with Gasteiger partial charge in [-0.25, -0.2) is 4.39 Å². The molecular formula is C30H29FO3. The molecular weight excluding hydrogens is 427 g/mol. The van der Waals surface area contributed by atoms with Gasteiger partial charge in [-0.15, -0.1) is 0 Å². The summed E-state index contributed by atoms with van der Waals surface area (Å²) in [5.41, 5.74) is 4.25. The Labute approximate surface area is 200 Å². The number of benzene rings is 3. The van der Waals surface area contributed by atoms with Crippen LogP contribution in [0.4, 0.5) is 4.39 Å². The van der Waals surface area contributed by atoms with Crippen molar-refractivity contribution in [2.45, 2.75) is 26.7 Å². The first kappa shape index (κ1) is 24.7. The molecule has 0 aliphatic rings. The van der Waals surface area contributed by atoms with Crippen LogP contribution in [-0.2, 0) is 4.79 Å². The Hall–Kier alpha value is -3.92. The van der Waals surface area contributed by atoms with Crippen LogP contribution in [0.15, 0.2) is 103 Å². The second-order valence-electron chi connectivity index (χ2n) is 8.20. The number of ether oxygens (including phenoxy) is 2. The molecule has 3 aromatic rings. The van der Waals surface area contributed by atoms with E-state index in [1.54, 1.807) is 25.1 Å². The molecule has 174 valence electrons. The van der Waals surface area contributed by atoms with E-state index >= 15 is 0 Å². The van der Waals surface area contributed by atoms with Gasteiger partial charge in [0.25, 0.3) is 0 Å². The van der Waals surface area contributed by atoms with Crippen LogP contribution in [0.3, 0.4) is 0 Å². The summed E-state index contributed by atoms with van der Waals surface area (Å²) in [7, 11) is 0. The lowest BCUT2D eigenvalue weighted by Gasteiger charge is -2.11. The van der Waals surface area contributed by atoms with Gasteiger partial charge < -0.3 is 9.47 Å². The molecule has 0 bridgehead atoms. The summed E-state index contributed by atoms with van der Waals surface area (Å²) in [6.07, 6.45) is 1.06. The van der Waals surface area contributed by atoms with Crippen LogP contribution < -0.4 is 9.47 Å². The van der Waals surface area contributed by atoms with Crippen LogP contribution >= 0.6 is 0 Å². The Morgan fingerprint density at radius 2 is 1.38 bits per heavy atom. The van der Waals surface area contributed by atoms with E-state index in [-0.39, 0.29) is 11.6 Å². The van der Waals surface area contributed by atoms with Gasteiger partial charge in [-0.3, -0.25) is 4.79 Å². The molecule has 0 unspecified atom stereocenters. The zero-order valence-electron chi connectivity index (χ0n) is 19.7. The Bertz CT molecular complexity index is 1200. The van der Waals surface area contributed by atoms with Gasteiger partial charge in [-0.05, 0) is 78.4 Å². The molecule has 0 amide bonds. The van der Waals surface area contributed by atoms with Crippen molar-refractivity contribution < 1.29 is 18.7 Å². The smallest absolute Gasteiger partial charge is 0.158 e. The van der Waals surface area contributed by atoms with E-state index in [9.17, 15) is 9.18 Å². The van der Waals surface area contributed by atoms with Crippen LogP contribution in [0.25, 0.3) is 22.3 Å². The second kappa shape index (κ2) is 11.3. The van der Waals surface area contributed by atoms with Crippen molar-refractivity contribution in [3.05, 3.63) is 109 Å². The molecule has 3 nitrogen and oxygen atoms in total. The maximum absolute atomic E-state index is 14.9. The molecule has 34 heavy (non-hydrogen) atoms. The van der Waals surface area contributed by atoms with Gasteiger partial charge in [0.15, 0.2) is 5.78 Å². The van der Waals surface area contributed by atoms with Gasteiger partial charge in [0.05, 0.1) is 6.61 Å². The standard InChI is InChI=1S/C30H29FO3/c1-20(2)22(5)34-27-15-10-24(11-16-27)28-17-12-25(19-29(28)31)23-8-13-26(14-9-23)33-18-6-7-30(32)21(3)4/h8-17,19H,1,3,5-7,18H2,2,4H3. The lowest BCUT2D eigenvalue weighted by Crippen LogP contribution is -2.03. The molecule has 0 saturated heterocycles. The number of carbonyl (C=O) groups is 1. The minimum Gasteiger partial charge on any atom is -0.494 e. The van der Waals surface area contributed by atoms with Crippen LogP contribution in [-0.4, -0.2) is 12.4 Å². The molecule has 0 aliphatic carbocycles. The molecule has 0 heterocycles. The summed E-state index contributed by atoms with van der Waals surface area (Å²) in [4.78, 5) is 11.6. The molecule has 0 N–H and O–H groups in total. The summed E-state index contributed by atoms with van der Waals surface area (Å²) in [5.74, 6) is 1.58. The molecule has 0 aliphatic heterocycles. The molecule has 3 rings (SSSR count). The van der Waals surface area contributed by atoms with Crippen molar-refractivity contribution in [2.24, 2.45) is 0 Å². The van der Waals surface area contributed by atoms with Crippen LogP contribution in [0.2, 0.25) is 0 Å². The lowest BCUT2D eigenvalue weighted by molar-refractivity contribution is -0.115. The van der Waals surface area contributed by atoms with Crippen LogP contribution in [0.5, 0.6) is 11.5 Å². The minimum atomic E-state index is -0.306. The summed E-state index contributed by atoms with van der Waals surface area (Å²) in [5, 5.41) is 0. The fourth-order valence-electron chi connectivity index (χ4n) is 3.24. The molecule has 3 aromatic carbocycles. The van der Waals surface area contributed by atoms with Gasteiger partial charge in [0.1, 0.15) is 23.1 Å². The van der Waals surface area contributed by atoms with Crippen molar-refractivity contribution in [2.75, 3.05) is 6.61 Å². The van der Waals surface area contributed by atoms with Crippen LogP contribution in [0, 0.1) is 5.82 Å². The molecule has 0 spiro atoms. The zero-order chi connectivity index (χ0) is 24.7. The Morgan fingerprint density at radius 1 is 0.794 bits per heavy atom. The third kappa shape index (κ3) is 6.55. The van der Waals surface area contributed by atoms with E-state index < -0.39 is 0 Å². The van der Waals surface area contributed by atoms with Gasteiger partial charge in [0.2, 0.25) is 0 Å². The number of rotatable bonds is 11. The summed E-state index contributed by atoms with van der Waals surface area (Å²) < 4.78 is 26.2. The van der Waals surface area contributed by atoms with E-state index in [1.807, 2.05) is 49.4 Å². The van der Waals surface area contributed by atoms with E-state index in [0.29, 0.717) is 47.8 Å². The quantitative estimate of drug-likeness (QED) is 0.127. The average Bonchev–Trinajstić information content (AvgIpc) is 2.82. The highest BCUT2D eigenvalue weighted by molar-refractivity contribution is 5.94. The van der Waals surface area contributed by atoms with Gasteiger partial charge in [-0.2, -0.15) is 0 Å². The third-order valence-corrected chi connectivity index (χ3v) is 5.33. The molecule has 0 saturated carbocycles. The highest BCUT2D eigenvalue weighted by Crippen LogP contribution is 2.30. The van der Waals surface area contributed by atoms with Crippen molar-refractivity contribution in [1.82, 2.24) is 0 Å². The van der Waals surface area contributed by atoms with Gasteiger partial charge >= 0.3 is 0 Å². The number of Topliss-reactive ketones (excluding diaryl/α,β-unsaturated/α-hetero) is 1. The van der Waals surface area contributed by atoms with Crippen molar-refractivity contribution in [1.29, 1.82) is 0 Å². The number of hydrogen-bond acceptors (Lipinski definition) is 3. The Balaban J connectivity index is 1.63. The second-order valence-corrected chi connectivity index (χ2v) is 8.20. The predicted molar refractivity (Wildman–Crippen MR) is 136 cm³/mol. The molecule has 0 aromatic heterocycles. The number of carbonyl (C=O) groups excluding carboxylic acids is 1. The topological polar surface area (TPSA) is 35.5 Å². The minimum absolute atomic E-state index is 0.0578. The monoisotopic (exact) mass is 456 g/mol. The predicted octanol–water partition coefficient (Wildman–Crippen LogP) is 7.93. The van der Waals surface area contributed by atoms with E-state index in [1.165, 1.54) is 6.07 Å². The highest BCUT2D eigenvalue weighted by Gasteiger charge is 2.09. The summed E-state index contributed by atoms with van der Waals surface area (Å²) >= 11 is 0. The van der Waals surface area contributed by atoms with Gasteiger partial charge in [-0.1, -0.05) is 56.1 Å². The Kier molecular flexibility index (Phi) is 8.20. The number of hydrogen-bond donors (Lipinski definition) is 0. The van der Waals surface area contributed by atoms with E-state index in [0.717, 1.165) is 22.3 Å². The average molecular weight is 457 g/mol. The highest BCUT2D eigenvalue weighted by atomic mass is 19.1. The Morgan fingerprint density at radius 3 is 1.97 bits per heavy atom. The molecule has 0 radical (unpaired) electrons. The lowest BCUT2D eigenvalue weighted by atomic mass is 9.99. The maximum atomic E-state index is 14.9. The first-order valence-corrected chi connectivity index (χ1v) is 11.1. The zero-order valence-corrected chi connectivity index (χ0v) is 19.7. The van der Waals surface area contributed by atoms with Crippen molar-refractivity contribution in [3.63, 3.8) is 0 Å². The number of ketones is 1. The number of halogens is 1. The number of allylic oxidation sites excluding steroid dienone is 2. The molecule has 0 atom stereocenters. The van der Waals surface area contributed by atoms with E-state index in [2.05, 4.69) is 19.7 Å². The van der Waals surface area contributed by atoms with Crippen LogP contribution in [0.1, 0.15) is 26.7 Å². The first-order valence-electron chi connectivity index (χ1n) is 11.1. The van der Waals surface area contributed by atoms with Crippen molar-refractivity contribution in [3.8, 4) is 33.8 Å². The summed E-state index contributed by atoms with van der Waals surface area (Å²) in [6.45, 7) is 15.3. The fourth-order valence-corrected chi connectivity index (χ4v) is 3.24. The third-order valence-electron chi connectivity index (χ3n) is 5.33. The van der Waals surface area contributed by atoms with Crippen molar-refractivity contribution >= 4 is 5.78 Å². The fraction of sp³-hybridized carbons (Fsp3) is 0.167. The normalized spacial score (nSPS) is 10.4. The maximum Gasteiger partial charge on any atom is 0.158 e. The first-order chi connectivity index (χ1) is 16.2.